The fourth-order valence-electron chi connectivity index (χ4n) is 1.53. The summed E-state index contributed by atoms with van der Waals surface area (Å²) >= 11 is 5.88. The molecule has 1 aromatic rings. The molecule has 3 nitrogen and oxygen atoms in total. The zero-order valence-corrected chi connectivity index (χ0v) is 11.1. The Hall–Kier alpha value is -1.06. The lowest BCUT2D eigenvalue weighted by molar-refractivity contribution is -0.116. The van der Waals surface area contributed by atoms with Gasteiger partial charge in [0.25, 0.3) is 0 Å². The first-order valence-electron chi connectivity index (χ1n) is 5.80. The average molecular weight is 255 g/mol. The first-order chi connectivity index (χ1) is 7.99. The molecule has 0 fully saturated rings. The molecule has 17 heavy (non-hydrogen) atoms. The number of anilines is 1. The summed E-state index contributed by atoms with van der Waals surface area (Å²) in [6, 6.07) is 5.61. The summed E-state index contributed by atoms with van der Waals surface area (Å²) in [5, 5.41) is 3.49. The topological polar surface area (TPSA) is 55.1 Å². The summed E-state index contributed by atoms with van der Waals surface area (Å²) < 4.78 is 0. The minimum Gasteiger partial charge on any atom is -0.328 e. The van der Waals surface area contributed by atoms with Gasteiger partial charge in [-0.05, 0) is 44.4 Å². The van der Waals surface area contributed by atoms with E-state index in [1.54, 1.807) is 6.07 Å². The second-order valence-electron chi connectivity index (χ2n) is 4.38. The van der Waals surface area contributed by atoms with Crippen LogP contribution < -0.4 is 11.1 Å². The van der Waals surface area contributed by atoms with Crippen LogP contribution in [0.1, 0.15) is 31.7 Å². The van der Waals surface area contributed by atoms with Gasteiger partial charge < -0.3 is 11.1 Å². The Morgan fingerprint density at radius 1 is 1.53 bits per heavy atom. The molecule has 0 saturated carbocycles. The molecule has 0 aliphatic rings. The van der Waals surface area contributed by atoms with Crippen molar-refractivity contribution in [1.82, 2.24) is 0 Å². The number of benzene rings is 1. The van der Waals surface area contributed by atoms with E-state index >= 15 is 0 Å². The molecule has 0 heterocycles. The number of aryl methyl sites for hydroxylation is 1. The summed E-state index contributed by atoms with van der Waals surface area (Å²) in [5.74, 6) is 0.0102. The predicted molar refractivity (Wildman–Crippen MR) is 72.3 cm³/mol. The molecule has 0 aromatic heterocycles. The van der Waals surface area contributed by atoms with Gasteiger partial charge in [0.1, 0.15) is 0 Å². The summed E-state index contributed by atoms with van der Waals surface area (Å²) in [6.07, 6.45) is 2.17. The van der Waals surface area contributed by atoms with Crippen LogP contribution in [0.5, 0.6) is 0 Å². The molecular formula is C13H19ClN2O. The van der Waals surface area contributed by atoms with E-state index in [0.29, 0.717) is 11.4 Å². The van der Waals surface area contributed by atoms with E-state index in [2.05, 4.69) is 5.32 Å². The van der Waals surface area contributed by atoms with Gasteiger partial charge in [-0.25, -0.2) is 0 Å². The van der Waals surface area contributed by atoms with Crippen LogP contribution in [-0.4, -0.2) is 11.9 Å². The van der Waals surface area contributed by atoms with Gasteiger partial charge >= 0.3 is 0 Å². The maximum absolute atomic E-state index is 11.7. The summed E-state index contributed by atoms with van der Waals surface area (Å²) in [5.41, 5.74) is 7.42. The van der Waals surface area contributed by atoms with Gasteiger partial charge in [-0.3, -0.25) is 4.79 Å². The smallest absolute Gasteiger partial charge is 0.224 e. The van der Waals surface area contributed by atoms with Gasteiger partial charge in [0.15, 0.2) is 0 Å². The van der Waals surface area contributed by atoms with Crippen LogP contribution in [0.25, 0.3) is 0 Å². The van der Waals surface area contributed by atoms with E-state index in [1.807, 2.05) is 26.0 Å². The van der Waals surface area contributed by atoms with Crippen molar-refractivity contribution < 1.29 is 4.79 Å². The summed E-state index contributed by atoms with van der Waals surface area (Å²) in [6.45, 7) is 3.88. The highest BCUT2D eigenvalue weighted by Crippen LogP contribution is 2.20. The molecule has 1 unspecified atom stereocenters. The fraction of sp³-hybridized carbons (Fsp3) is 0.462. The Labute approximate surface area is 107 Å². The van der Waals surface area contributed by atoms with E-state index in [1.165, 1.54) is 0 Å². The molecule has 0 radical (unpaired) electrons. The van der Waals surface area contributed by atoms with Crippen molar-refractivity contribution in [2.24, 2.45) is 5.73 Å². The van der Waals surface area contributed by atoms with Crippen molar-refractivity contribution in [1.29, 1.82) is 0 Å². The molecule has 4 heteroatoms. The molecule has 1 aromatic carbocycles. The van der Waals surface area contributed by atoms with Crippen LogP contribution in [0, 0.1) is 6.92 Å². The highest BCUT2D eigenvalue weighted by molar-refractivity contribution is 6.31. The molecule has 3 N–H and O–H groups in total. The average Bonchev–Trinajstić information content (AvgIpc) is 2.23. The maximum atomic E-state index is 11.7. The third-order valence-corrected chi connectivity index (χ3v) is 2.77. The molecule has 1 atom stereocenters. The Bertz CT molecular complexity index is 391. The van der Waals surface area contributed by atoms with Crippen LogP contribution in [0.2, 0.25) is 5.02 Å². The van der Waals surface area contributed by atoms with Crippen LogP contribution in [-0.2, 0) is 4.79 Å². The van der Waals surface area contributed by atoms with Crippen LogP contribution in [0.15, 0.2) is 18.2 Å². The van der Waals surface area contributed by atoms with Crippen LogP contribution in [0.3, 0.4) is 0 Å². The van der Waals surface area contributed by atoms with Gasteiger partial charge in [-0.1, -0.05) is 17.7 Å². The molecular weight excluding hydrogens is 236 g/mol. The van der Waals surface area contributed by atoms with Gasteiger partial charge in [-0.15, -0.1) is 0 Å². The Morgan fingerprint density at radius 2 is 2.24 bits per heavy atom. The lowest BCUT2D eigenvalue weighted by atomic mass is 10.1. The van der Waals surface area contributed by atoms with E-state index < -0.39 is 0 Å². The summed E-state index contributed by atoms with van der Waals surface area (Å²) in [4.78, 5) is 11.7. The highest BCUT2D eigenvalue weighted by atomic mass is 35.5. The normalized spacial score (nSPS) is 12.2. The Kier molecular flexibility index (Phi) is 5.45. The Morgan fingerprint density at radius 3 is 2.88 bits per heavy atom. The number of carbonyl (C=O) groups excluding carboxylic acids is 1. The minimum absolute atomic E-state index is 0.0102. The lowest BCUT2D eigenvalue weighted by Crippen LogP contribution is -2.17. The number of nitrogens with two attached hydrogens (primary N) is 1. The van der Waals surface area contributed by atoms with Crippen molar-refractivity contribution in [3.8, 4) is 0 Å². The molecule has 0 bridgehead atoms. The number of rotatable bonds is 5. The molecule has 0 aliphatic carbocycles. The summed E-state index contributed by atoms with van der Waals surface area (Å²) in [7, 11) is 0. The van der Waals surface area contributed by atoms with Crippen LogP contribution in [0.4, 0.5) is 5.69 Å². The van der Waals surface area contributed by atoms with Gasteiger partial charge in [0, 0.05) is 23.2 Å². The van der Waals surface area contributed by atoms with Crippen molar-refractivity contribution in [3.05, 3.63) is 28.8 Å². The largest absolute Gasteiger partial charge is 0.328 e. The molecule has 0 aliphatic heterocycles. The highest BCUT2D eigenvalue weighted by Gasteiger charge is 2.05. The first kappa shape index (κ1) is 14.0. The lowest BCUT2D eigenvalue weighted by Gasteiger charge is -2.09. The van der Waals surface area contributed by atoms with Crippen molar-refractivity contribution in [3.63, 3.8) is 0 Å². The number of halogens is 1. The van der Waals surface area contributed by atoms with Gasteiger partial charge in [-0.2, -0.15) is 0 Å². The van der Waals surface area contributed by atoms with Crippen molar-refractivity contribution in [2.75, 3.05) is 5.32 Å². The number of amides is 1. The standard InChI is InChI=1S/C13H19ClN2O/c1-9-6-7-11(14)8-12(9)16-13(17)5-3-4-10(2)15/h6-8,10H,3-5,15H2,1-2H3,(H,16,17). The number of carbonyl (C=O) groups is 1. The molecule has 0 spiro atoms. The maximum Gasteiger partial charge on any atom is 0.224 e. The van der Waals surface area contributed by atoms with Crippen molar-refractivity contribution >= 4 is 23.2 Å². The Balaban J connectivity index is 2.47. The minimum atomic E-state index is 0.0102. The number of nitrogens with one attached hydrogen (secondary N) is 1. The number of hydrogen-bond acceptors (Lipinski definition) is 2. The second-order valence-corrected chi connectivity index (χ2v) is 4.81. The molecule has 1 amide bonds. The third-order valence-electron chi connectivity index (χ3n) is 2.54. The molecule has 1 rings (SSSR count). The van der Waals surface area contributed by atoms with Crippen molar-refractivity contribution in [2.45, 2.75) is 39.2 Å². The van der Waals surface area contributed by atoms with Gasteiger partial charge in [0.05, 0.1) is 0 Å². The second kappa shape index (κ2) is 6.62. The predicted octanol–water partition coefficient (Wildman–Crippen LogP) is 3.10. The van der Waals surface area contributed by atoms with E-state index in [-0.39, 0.29) is 11.9 Å². The SMILES string of the molecule is Cc1ccc(Cl)cc1NC(=O)CCCC(C)N. The monoisotopic (exact) mass is 254 g/mol. The first-order valence-corrected chi connectivity index (χ1v) is 6.18. The van der Waals surface area contributed by atoms with Gasteiger partial charge in [0.2, 0.25) is 5.91 Å². The van der Waals surface area contributed by atoms with E-state index in [4.69, 9.17) is 17.3 Å². The zero-order valence-electron chi connectivity index (χ0n) is 10.3. The van der Waals surface area contributed by atoms with Crippen LogP contribution >= 0.6 is 11.6 Å². The quantitative estimate of drug-likeness (QED) is 0.848. The van der Waals surface area contributed by atoms with E-state index in [9.17, 15) is 4.79 Å². The molecule has 0 saturated heterocycles. The fourth-order valence-corrected chi connectivity index (χ4v) is 1.70. The third kappa shape index (κ3) is 5.20. The van der Waals surface area contributed by atoms with E-state index in [0.717, 1.165) is 24.1 Å². The zero-order chi connectivity index (χ0) is 12.8. The number of hydrogen-bond donors (Lipinski definition) is 2. The molecule has 94 valence electrons.